The van der Waals surface area contributed by atoms with Gasteiger partial charge in [0.15, 0.2) is 5.82 Å². The molecular weight excluding hydrogens is 504 g/mol. The van der Waals surface area contributed by atoms with Gasteiger partial charge in [-0.2, -0.15) is 0 Å². The van der Waals surface area contributed by atoms with E-state index in [0.29, 0.717) is 24.5 Å². The molecule has 40 heavy (non-hydrogen) atoms. The van der Waals surface area contributed by atoms with E-state index < -0.39 is 6.04 Å². The first-order valence-corrected chi connectivity index (χ1v) is 14.0. The highest BCUT2D eigenvalue weighted by molar-refractivity contribution is 5.80. The van der Waals surface area contributed by atoms with Crippen LogP contribution in [-0.4, -0.2) is 37.2 Å². The first-order valence-electron chi connectivity index (χ1n) is 14.0. The molecule has 1 atom stereocenters. The number of ether oxygens (including phenoxy) is 1. The van der Waals surface area contributed by atoms with Gasteiger partial charge in [0.05, 0.1) is 26.0 Å². The van der Waals surface area contributed by atoms with Crippen LogP contribution in [0.2, 0.25) is 0 Å². The van der Waals surface area contributed by atoms with E-state index in [9.17, 15) is 4.79 Å². The molecule has 0 unspecified atom stereocenters. The molecule has 0 radical (unpaired) electrons. The normalized spacial score (nSPS) is 14.8. The number of pyridine rings is 1. The molecule has 9 nitrogen and oxygen atoms in total. The van der Waals surface area contributed by atoms with Crippen LogP contribution in [0, 0.1) is 0 Å². The first-order chi connectivity index (χ1) is 19.6. The highest BCUT2D eigenvalue weighted by atomic mass is 16.5. The summed E-state index contributed by atoms with van der Waals surface area (Å²) in [7, 11) is 1.66. The summed E-state index contributed by atoms with van der Waals surface area (Å²) in [5.41, 5.74) is 3.51. The smallest absolute Gasteiger partial charge is 0.253 e. The molecule has 0 saturated heterocycles. The number of hydrogen-bond donors (Lipinski definition) is 1. The second-order valence-corrected chi connectivity index (χ2v) is 10.5. The molecular formula is C31H34N6O3. The number of benzene rings is 2. The lowest BCUT2D eigenvalue weighted by atomic mass is 10.0. The van der Waals surface area contributed by atoms with E-state index in [2.05, 4.69) is 50.5 Å². The van der Waals surface area contributed by atoms with Crippen LogP contribution in [0.3, 0.4) is 0 Å². The highest BCUT2D eigenvalue weighted by Crippen LogP contribution is 2.35. The van der Waals surface area contributed by atoms with Crippen LogP contribution >= 0.6 is 0 Å². The van der Waals surface area contributed by atoms with Gasteiger partial charge in [-0.15, -0.1) is 5.10 Å². The molecule has 0 spiro atoms. The predicted octanol–water partition coefficient (Wildman–Crippen LogP) is 5.59. The number of nitrogens with zero attached hydrogens (tertiary/aromatic N) is 5. The quantitative estimate of drug-likeness (QED) is 0.247. The van der Waals surface area contributed by atoms with Gasteiger partial charge in [0.2, 0.25) is 0 Å². The Hall–Kier alpha value is -4.24. The van der Waals surface area contributed by atoms with Gasteiger partial charge in [-0.3, -0.25) is 9.69 Å². The SMILES string of the molecule is CCc1ccc2[nH]c(=O)c([C@H](c3nnnn3C3CCCC3)N(Cc3cccc(OC)c3)Cc3ccco3)cc2c1. The van der Waals surface area contributed by atoms with Crippen molar-refractivity contribution in [1.82, 2.24) is 30.1 Å². The summed E-state index contributed by atoms with van der Waals surface area (Å²) in [4.78, 5) is 19.2. The molecule has 1 aliphatic rings. The van der Waals surface area contributed by atoms with Gasteiger partial charge in [0.1, 0.15) is 17.6 Å². The molecule has 0 bridgehead atoms. The average molecular weight is 539 g/mol. The van der Waals surface area contributed by atoms with Gasteiger partial charge in [0, 0.05) is 17.6 Å². The average Bonchev–Trinajstić information content (AvgIpc) is 3.77. The summed E-state index contributed by atoms with van der Waals surface area (Å²) in [5, 5.41) is 14.1. The van der Waals surface area contributed by atoms with Crippen LogP contribution in [0.4, 0.5) is 0 Å². The lowest BCUT2D eigenvalue weighted by Crippen LogP contribution is -2.35. The lowest BCUT2D eigenvalue weighted by Gasteiger charge is -2.31. The van der Waals surface area contributed by atoms with E-state index >= 15 is 0 Å². The van der Waals surface area contributed by atoms with E-state index in [0.717, 1.165) is 60.1 Å². The molecule has 3 aromatic heterocycles. The zero-order chi connectivity index (χ0) is 27.5. The maximum atomic E-state index is 13.8. The number of tetrazole rings is 1. The molecule has 9 heteroatoms. The van der Waals surface area contributed by atoms with Gasteiger partial charge < -0.3 is 14.1 Å². The minimum Gasteiger partial charge on any atom is -0.497 e. The molecule has 1 fully saturated rings. The Kier molecular flexibility index (Phi) is 7.46. The summed E-state index contributed by atoms with van der Waals surface area (Å²) in [6.07, 6.45) is 6.91. The number of hydrogen-bond acceptors (Lipinski definition) is 7. The van der Waals surface area contributed by atoms with Crippen molar-refractivity contribution in [3.8, 4) is 5.75 Å². The fourth-order valence-corrected chi connectivity index (χ4v) is 5.83. The van der Waals surface area contributed by atoms with Crippen molar-refractivity contribution in [1.29, 1.82) is 0 Å². The zero-order valence-electron chi connectivity index (χ0n) is 22.9. The standard InChI is InChI=1S/C31H34N6O3/c1-3-21-13-14-28-23(16-21)18-27(31(38)32-28)29(30-33-34-35-37(30)24-9-4-5-10-24)36(20-26-12-7-15-40-26)19-22-8-6-11-25(17-22)39-2/h6-8,11-18,24,29H,3-5,9-10,19-20H2,1-2H3,(H,32,38)/t29-/m1/s1. The van der Waals surface area contributed by atoms with Gasteiger partial charge >= 0.3 is 0 Å². The summed E-state index contributed by atoms with van der Waals surface area (Å²) < 4.78 is 13.3. The number of aromatic amines is 1. The number of H-pyrrole nitrogens is 1. The molecule has 3 heterocycles. The van der Waals surface area contributed by atoms with Gasteiger partial charge in [0.25, 0.3) is 5.56 Å². The van der Waals surface area contributed by atoms with Crippen LogP contribution in [0.15, 0.2) is 76.1 Å². The van der Waals surface area contributed by atoms with E-state index in [-0.39, 0.29) is 11.6 Å². The predicted molar refractivity (Wildman–Crippen MR) is 152 cm³/mol. The first kappa shape index (κ1) is 26.0. The monoisotopic (exact) mass is 538 g/mol. The largest absolute Gasteiger partial charge is 0.497 e. The van der Waals surface area contributed by atoms with E-state index in [1.807, 2.05) is 47.1 Å². The highest BCUT2D eigenvalue weighted by Gasteiger charge is 2.34. The minimum absolute atomic E-state index is 0.155. The second-order valence-electron chi connectivity index (χ2n) is 10.5. The lowest BCUT2D eigenvalue weighted by molar-refractivity contribution is 0.176. The number of aryl methyl sites for hydroxylation is 1. The van der Waals surface area contributed by atoms with Crippen molar-refractivity contribution in [3.63, 3.8) is 0 Å². The summed E-state index contributed by atoms with van der Waals surface area (Å²) in [6.45, 7) is 3.11. The summed E-state index contributed by atoms with van der Waals surface area (Å²) >= 11 is 0. The molecule has 5 aromatic rings. The van der Waals surface area contributed by atoms with Crippen molar-refractivity contribution in [3.05, 3.63) is 106 Å². The number of fused-ring (bicyclic) bond motifs is 1. The Balaban J connectivity index is 1.53. The second kappa shape index (κ2) is 11.5. The Morgan fingerprint density at radius 2 is 1.95 bits per heavy atom. The number of rotatable bonds is 10. The van der Waals surface area contributed by atoms with Crippen molar-refractivity contribution < 1.29 is 9.15 Å². The van der Waals surface area contributed by atoms with E-state index in [1.54, 1.807) is 13.4 Å². The number of nitrogens with one attached hydrogen (secondary N) is 1. The Bertz CT molecular complexity index is 1630. The molecule has 206 valence electrons. The zero-order valence-corrected chi connectivity index (χ0v) is 22.9. The van der Waals surface area contributed by atoms with Crippen molar-refractivity contribution in [2.75, 3.05) is 7.11 Å². The van der Waals surface area contributed by atoms with Gasteiger partial charge in [-0.25, -0.2) is 4.68 Å². The van der Waals surface area contributed by atoms with E-state index in [4.69, 9.17) is 9.15 Å². The molecule has 1 N–H and O–H groups in total. The third-order valence-electron chi connectivity index (χ3n) is 7.90. The molecule has 0 aliphatic heterocycles. The molecule has 0 amide bonds. The maximum Gasteiger partial charge on any atom is 0.253 e. The van der Waals surface area contributed by atoms with Crippen molar-refractivity contribution >= 4 is 10.9 Å². The van der Waals surface area contributed by atoms with Crippen LogP contribution in [0.5, 0.6) is 5.75 Å². The molecule has 6 rings (SSSR count). The molecule has 1 aliphatic carbocycles. The van der Waals surface area contributed by atoms with Crippen molar-refractivity contribution in [2.24, 2.45) is 0 Å². The summed E-state index contributed by atoms with van der Waals surface area (Å²) in [6, 6.07) is 19.7. The van der Waals surface area contributed by atoms with Gasteiger partial charge in [-0.05, 0) is 88.7 Å². The molecule has 2 aromatic carbocycles. The number of aromatic nitrogens is 5. The maximum absolute atomic E-state index is 13.8. The third-order valence-corrected chi connectivity index (χ3v) is 7.90. The number of furan rings is 1. The van der Waals surface area contributed by atoms with Gasteiger partial charge in [-0.1, -0.05) is 38.0 Å². The van der Waals surface area contributed by atoms with Crippen molar-refractivity contribution in [2.45, 2.75) is 64.2 Å². The molecule has 1 saturated carbocycles. The fourth-order valence-electron chi connectivity index (χ4n) is 5.83. The van der Waals surface area contributed by atoms with E-state index in [1.165, 1.54) is 5.56 Å². The fraction of sp³-hybridized carbons (Fsp3) is 0.355. The Morgan fingerprint density at radius 1 is 1.07 bits per heavy atom. The van der Waals surface area contributed by atoms with Crippen LogP contribution in [-0.2, 0) is 19.5 Å². The van der Waals surface area contributed by atoms with Crippen LogP contribution in [0.25, 0.3) is 10.9 Å². The third kappa shape index (κ3) is 5.29. The Labute approximate surface area is 232 Å². The number of methoxy groups -OCH3 is 1. The van der Waals surface area contributed by atoms with Crippen LogP contribution in [0.1, 0.15) is 73.0 Å². The Morgan fingerprint density at radius 3 is 2.73 bits per heavy atom. The van der Waals surface area contributed by atoms with Crippen LogP contribution < -0.4 is 10.3 Å². The topological polar surface area (TPSA) is 102 Å². The summed E-state index contributed by atoms with van der Waals surface area (Å²) in [5.74, 6) is 2.23. The minimum atomic E-state index is -0.523.